The highest BCUT2D eigenvalue weighted by atomic mass is 16.2. The van der Waals surface area contributed by atoms with Crippen LogP contribution in [0, 0.1) is 0 Å². The molecule has 132 valence electrons. The first-order valence-corrected chi connectivity index (χ1v) is 9.04. The van der Waals surface area contributed by atoms with Gasteiger partial charge in [0.2, 0.25) is 5.91 Å². The molecule has 1 aliphatic heterocycles. The number of aromatic amines is 1. The molecule has 0 radical (unpaired) electrons. The number of carbonyl (C=O) groups is 2. The Bertz CT molecular complexity index is 604. The Hall–Kier alpha value is -1.89. The van der Waals surface area contributed by atoms with Crippen LogP contribution in [-0.4, -0.2) is 40.6 Å². The number of nitrogens with one attached hydrogen (secondary N) is 4. The van der Waals surface area contributed by atoms with Crippen molar-refractivity contribution in [2.24, 2.45) is 0 Å². The first kappa shape index (κ1) is 17.0. The molecule has 0 bridgehead atoms. The molecular weight excluding hydrogens is 306 g/mol. The van der Waals surface area contributed by atoms with Gasteiger partial charge in [-0.15, -0.1) is 0 Å². The van der Waals surface area contributed by atoms with Crippen LogP contribution in [0.4, 0.5) is 0 Å². The molecule has 4 N–H and O–H groups in total. The molecule has 0 spiro atoms. The number of hydrogen-bond acceptors (Lipinski definition) is 4. The van der Waals surface area contributed by atoms with Crippen molar-refractivity contribution in [1.82, 2.24) is 26.1 Å². The molecule has 1 saturated carbocycles. The van der Waals surface area contributed by atoms with E-state index in [1.165, 1.54) is 0 Å². The maximum atomic E-state index is 12.8. The molecule has 2 aliphatic rings. The SMILES string of the molecule is CCCNC(=O)C1(NC(=O)c2n[nH]c3c2CNCC3)CCCCC1. The van der Waals surface area contributed by atoms with Crippen LogP contribution < -0.4 is 16.0 Å². The van der Waals surface area contributed by atoms with Crippen molar-refractivity contribution < 1.29 is 9.59 Å². The monoisotopic (exact) mass is 333 g/mol. The van der Waals surface area contributed by atoms with Crippen molar-refractivity contribution in [2.75, 3.05) is 13.1 Å². The van der Waals surface area contributed by atoms with Crippen LogP contribution in [0.25, 0.3) is 0 Å². The first-order valence-electron chi connectivity index (χ1n) is 9.04. The molecule has 1 aliphatic carbocycles. The van der Waals surface area contributed by atoms with E-state index in [4.69, 9.17) is 0 Å². The summed E-state index contributed by atoms with van der Waals surface area (Å²) in [6.45, 7) is 4.19. The molecule has 1 aromatic rings. The molecule has 0 atom stereocenters. The number of carbonyl (C=O) groups excluding carboxylic acids is 2. The Morgan fingerprint density at radius 2 is 2.04 bits per heavy atom. The minimum atomic E-state index is -0.793. The summed E-state index contributed by atoms with van der Waals surface area (Å²) in [6.07, 6.45) is 6.14. The van der Waals surface area contributed by atoms with E-state index < -0.39 is 5.54 Å². The van der Waals surface area contributed by atoms with E-state index in [2.05, 4.69) is 26.1 Å². The quantitative estimate of drug-likeness (QED) is 0.646. The maximum absolute atomic E-state index is 12.8. The van der Waals surface area contributed by atoms with E-state index in [0.717, 1.165) is 49.9 Å². The van der Waals surface area contributed by atoms with Crippen LogP contribution in [0.1, 0.15) is 67.2 Å². The second kappa shape index (κ2) is 7.34. The van der Waals surface area contributed by atoms with Crippen LogP contribution in [0.2, 0.25) is 0 Å². The van der Waals surface area contributed by atoms with Crippen molar-refractivity contribution >= 4 is 11.8 Å². The number of rotatable bonds is 5. The molecule has 24 heavy (non-hydrogen) atoms. The van der Waals surface area contributed by atoms with Crippen molar-refractivity contribution in [3.63, 3.8) is 0 Å². The summed E-state index contributed by atoms with van der Waals surface area (Å²) in [5, 5.41) is 16.4. The molecule has 1 aromatic heterocycles. The van der Waals surface area contributed by atoms with Gasteiger partial charge in [0.15, 0.2) is 5.69 Å². The predicted molar refractivity (Wildman–Crippen MR) is 90.6 cm³/mol. The fourth-order valence-electron chi connectivity index (χ4n) is 3.66. The van der Waals surface area contributed by atoms with Crippen molar-refractivity contribution in [1.29, 1.82) is 0 Å². The molecule has 0 saturated heterocycles. The van der Waals surface area contributed by atoms with Gasteiger partial charge in [0.1, 0.15) is 5.54 Å². The zero-order valence-electron chi connectivity index (χ0n) is 14.3. The van der Waals surface area contributed by atoms with Gasteiger partial charge in [0.05, 0.1) is 0 Å². The van der Waals surface area contributed by atoms with Gasteiger partial charge in [-0.25, -0.2) is 0 Å². The number of hydrogen-bond donors (Lipinski definition) is 4. The Kier molecular flexibility index (Phi) is 5.18. The molecule has 7 heteroatoms. The van der Waals surface area contributed by atoms with Crippen LogP contribution in [0.5, 0.6) is 0 Å². The molecule has 2 amide bonds. The lowest BCUT2D eigenvalue weighted by molar-refractivity contribution is -0.128. The Labute approximate surface area is 142 Å². The van der Waals surface area contributed by atoms with Gasteiger partial charge < -0.3 is 16.0 Å². The average molecular weight is 333 g/mol. The van der Waals surface area contributed by atoms with Crippen LogP contribution in [0.3, 0.4) is 0 Å². The number of nitrogens with zero attached hydrogens (tertiary/aromatic N) is 1. The third kappa shape index (κ3) is 3.31. The van der Waals surface area contributed by atoms with E-state index in [9.17, 15) is 9.59 Å². The number of aromatic nitrogens is 2. The summed E-state index contributed by atoms with van der Waals surface area (Å²) < 4.78 is 0. The minimum absolute atomic E-state index is 0.0556. The molecule has 2 heterocycles. The summed E-state index contributed by atoms with van der Waals surface area (Å²) in [6, 6.07) is 0. The van der Waals surface area contributed by atoms with Crippen molar-refractivity contribution in [3.8, 4) is 0 Å². The summed E-state index contributed by atoms with van der Waals surface area (Å²) in [7, 11) is 0. The highest BCUT2D eigenvalue weighted by Crippen LogP contribution is 2.29. The van der Waals surface area contributed by atoms with Gasteiger partial charge in [-0.05, 0) is 19.3 Å². The topological polar surface area (TPSA) is 98.9 Å². The highest BCUT2D eigenvalue weighted by molar-refractivity contribution is 5.99. The lowest BCUT2D eigenvalue weighted by Gasteiger charge is -2.36. The Morgan fingerprint density at radius 1 is 1.25 bits per heavy atom. The van der Waals surface area contributed by atoms with Crippen molar-refractivity contribution in [3.05, 3.63) is 17.0 Å². The van der Waals surface area contributed by atoms with E-state index in [1.54, 1.807) is 0 Å². The van der Waals surface area contributed by atoms with Gasteiger partial charge in [-0.1, -0.05) is 26.2 Å². The normalized spacial score (nSPS) is 19.4. The fourth-order valence-corrected chi connectivity index (χ4v) is 3.66. The fraction of sp³-hybridized carbons (Fsp3) is 0.706. The van der Waals surface area contributed by atoms with Gasteiger partial charge >= 0.3 is 0 Å². The highest BCUT2D eigenvalue weighted by Gasteiger charge is 2.41. The molecule has 1 fully saturated rings. The first-order chi connectivity index (χ1) is 11.7. The van der Waals surface area contributed by atoms with E-state index in [0.29, 0.717) is 31.6 Å². The van der Waals surface area contributed by atoms with Crippen LogP contribution >= 0.6 is 0 Å². The maximum Gasteiger partial charge on any atom is 0.272 e. The standard InChI is InChI=1S/C17H27N5O2/c1-2-9-19-16(24)17(7-4-3-5-8-17)20-15(23)14-12-11-18-10-6-13(12)21-22-14/h18H,2-11H2,1H3,(H,19,24)(H,20,23)(H,21,22). The molecule has 7 nitrogen and oxygen atoms in total. The molecular formula is C17H27N5O2. The number of fused-ring (bicyclic) bond motifs is 1. The molecule has 0 aromatic carbocycles. The summed E-state index contributed by atoms with van der Waals surface area (Å²) in [5.74, 6) is -0.301. The van der Waals surface area contributed by atoms with Gasteiger partial charge in [0, 0.05) is 37.3 Å². The van der Waals surface area contributed by atoms with Gasteiger partial charge in [-0.2, -0.15) is 5.10 Å². The number of H-pyrrole nitrogens is 1. The van der Waals surface area contributed by atoms with E-state index >= 15 is 0 Å². The largest absolute Gasteiger partial charge is 0.354 e. The van der Waals surface area contributed by atoms with E-state index in [-0.39, 0.29) is 11.8 Å². The third-order valence-electron chi connectivity index (χ3n) is 5.05. The lowest BCUT2D eigenvalue weighted by atomic mass is 9.80. The Balaban J connectivity index is 1.78. The van der Waals surface area contributed by atoms with Crippen molar-refractivity contribution in [2.45, 2.75) is 64.0 Å². The van der Waals surface area contributed by atoms with Crippen LogP contribution in [-0.2, 0) is 17.8 Å². The van der Waals surface area contributed by atoms with Crippen LogP contribution in [0.15, 0.2) is 0 Å². The Morgan fingerprint density at radius 3 is 2.79 bits per heavy atom. The van der Waals surface area contributed by atoms with Gasteiger partial charge in [-0.3, -0.25) is 14.7 Å². The minimum Gasteiger partial charge on any atom is -0.354 e. The lowest BCUT2D eigenvalue weighted by Crippen LogP contribution is -2.60. The van der Waals surface area contributed by atoms with Gasteiger partial charge in [0.25, 0.3) is 5.91 Å². The second-order valence-electron chi connectivity index (χ2n) is 6.81. The smallest absolute Gasteiger partial charge is 0.272 e. The zero-order valence-corrected chi connectivity index (χ0v) is 14.3. The average Bonchev–Trinajstić information content (AvgIpc) is 3.04. The zero-order chi connectivity index (χ0) is 17.0. The second-order valence-corrected chi connectivity index (χ2v) is 6.81. The molecule has 3 rings (SSSR count). The third-order valence-corrected chi connectivity index (χ3v) is 5.05. The summed E-state index contributed by atoms with van der Waals surface area (Å²) in [5.41, 5.74) is 1.58. The molecule has 0 unspecified atom stereocenters. The summed E-state index contributed by atoms with van der Waals surface area (Å²) in [4.78, 5) is 25.5. The van der Waals surface area contributed by atoms with E-state index in [1.807, 2.05) is 6.92 Å². The summed E-state index contributed by atoms with van der Waals surface area (Å²) >= 11 is 0. The number of amides is 2. The predicted octanol–water partition coefficient (Wildman–Crippen LogP) is 1.01.